The molecule has 3 aromatic rings. The van der Waals surface area contributed by atoms with Crippen molar-refractivity contribution >= 4 is 31.3 Å². The van der Waals surface area contributed by atoms with Crippen LogP contribution in [0.1, 0.15) is 6.92 Å². The second-order valence-electron chi connectivity index (χ2n) is 4.90. The van der Waals surface area contributed by atoms with Crippen molar-refractivity contribution in [3.63, 3.8) is 0 Å². The average molecular weight is 417 g/mol. The van der Waals surface area contributed by atoms with Crippen molar-refractivity contribution in [2.24, 2.45) is 0 Å². The minimum atomic E-state index is -3.49. The van der Waals surface area contributed by atoms with Gasteiger partial charge >= 0.3 is 0 Å². The molecule has 24 heavy (non-hydrogen) atoms. The minimum absolute atomic E-state index is 0.0806. The third kappa shape index (κ3) is 3.01. The maximum absolute atomic E-state index is 13.7. The van der Waals surface area contributed by atoms with Gasteiger partial charge in [0.2, 0.25) is 15.0 Å². The number of rotatable bonds is 4. The van der Waals surface area contributed by atoms with Crippen LogP contribution in [0.2, 0.25) is 0 Å². The third-order valence-corrected chi connectivity index (χ3v) is 5.53. The van der Waals surface area contributed by atoms with E-state index in [0.717, 1.165) is 6.07 Å². The monoisotopic (exact) mass is 416 g/mol. The van der Waals surface area contributed by atoms with E-state index in [4.69, 9.17) is 4.74 Å². The normalized spacial score (nSPS) is 11.8. The molecular weight excluding hydrogens is 406 g/mol. The van der Waals surface area contributed by atoms with Crippen molar-refractivity contribution in [3.8, 4) is 11.5 Å². The van der Waals surface area contributed by atoms with Gasteiger partial charge in [0.1, 0.15) is 11.6 Å². The van der Waals surface area contributed by atoms with E-state index in [1.807, 2.05) is 0 Å². The topological polar surface area (TPSA) is 60.7 Å². The summed E-state index contributed by atoms with van der Waals surface area (Å²) in [4.78, 5) is 3.93. The summed E-state index contributed by atoms with van der Waals surface area (Å²) in [6.45, 7) is 1.53. The molecule has 0 amide bonds. The van der Waals surface area contributed by atoms with Gasteiger partial charge < -0.3 is 4.74 Å². The van der Waals surface area contributed by atoms with Crippen molar-refractivity contribution in [2.45, 2.75) is 12.1 Å². The number of sulfone groups is 1. The fourth-order valence-corrected chi connectivity index (χ4v) is 3.42. The largest absolute Gasteiger partial charge is 0.453 e. The van der Waals surface area contributed by atoms with E-state index in [1.54, 1.807) is 0 Å². The van der Waals surface area contributed by atoms with Crippen molar-refractivity contribution in [3.05, 3.63) is 52.8 Å². The van der Waals surface area contributed by atoms with Crippen molar-refractivity contribution < 1.29 is 21.9 Å². The smallest absolute Gasteiger partial charge is 0.232 e. The van der Waals surface area contributed by atoms with Gasteiger partial charge in [-0.1, -0.05) is 6.92 Å². The number of pyridine rings is 1. The zero-order valence-corrected chi connectivity index (χ0v) is 14.7. The van der Waals surface area contributed by atoms with Gasteiger partial charge in [0.25, 0.3) is 0 Å². The zero-order chi connectivity index (χ0) is 17.5. The van der Waals surface area contributed by atoms with Crippen LogP contribution in [0.5, 0.6) is 11.5 Å². The summed E-state index contributed by atoms with van der Waals surface area (Å²) in [5, 5.41) is -0.0831. The Hall–Kier alpha value is -2.00. The van der Waals surface area contributed by atoms with Crippen LogP contribution in [0.3, 0.4) is 0 Å². The molecule has 0 saturated carbocycles. The standard InChI is InChI=1S/C15H11BrF2N2O3S/c1-2-24(21,22)15-19-7-10-6-14(11(16)8-20(10)15)23-13-4-3-9(17)5-12(13)18/h3-8H,2H2,1H3. The summed E-state index contributed by atoms with van der Waals surface area (Å²) in [6, 6.07) is 4.47. The molecule has 0 N–H and O–H groups in total. The molecule has 2 heterocycles. The molecule has 0 unspecified atom stereocenters. The lowest BCUT2D eigenvalue weighted by molar-refractivity contribution is 0.435. The Kier molecular flexibility index (Phi) is 4.31. The number of imidazole rings is 1. The Morgan fingerprint density at radius 2 is 2.00 bits per heavy atom. The van der Waals surface area contributed by atoms with E-state index in [9.17, 15) is 17.2 Å². The summed E-state index contributed by atoms with van der Waals surface area (Å²) < 4.78 is 57.9. The number of nitrogens with zero attached hydrogens (tertiary/aromatic N) is 2. The first-order chi connectivity index (χ1) is 11.3. The van der Waals surface area contributed by atoms with Crippen LogP contribution in [0.15, 0.2) is 46.3 Å². The first-order valence-electron chi connectivity index (χ1n) is 6.84. The number of aromatic nitrogens is 2. The van der Waals surface area contributed by atoms with Gasteiger partial charge in [-0.25, -0.2) is 22.2 Å². The van der Waals surface area contributed by atoms with E-state index in [1.165, 1.54) is 35.9 Å². The molecule has 126 valence electrons. The molecule has 0 fully saturated rings. The Morgan fingerprint density at radius 1 is 1.25 bits per heavy atom. The lowest BCUT2D eigenvalue weighted by Gasteiger charge is -2.10. The molecule has 3 rings (SSSR count). The molecule has 1 aromatic carbocycles. The van der Waals surface area contributed by atoms with Crippen LogP contribution in [-0.2, 0) is 9.84 Å². The Balaban J connectivity index is 2.06. The molecule has 0 bridgehead atoms. The maximum atomic E-state index is 13.7. The van der Waals surface area contributed by atoms with Crippen LogP contribution < -0.4 is 4.74 Å². The Bertz CT molecular complexity index is 1030. The van der Waals surface area contributed by atoms with Crippen molar-refractivity contribution in [1.82, 2.24) is 9.38 Å². The van der Waals surface area contributed by atoms with E-state index in [0.29, 0.717) is 16.1 Å². The molecular formula is C15H11BrF2N2O3S. The van der Waals surface area contributed by atoms with E-state index in [2.05, 4.69) is 20.9 Å². The maximum Gasteiger partial charge on any atom is 0.232 e. The number of halogens is 3. The van der Waals surface area contributed by atoms with E-state index >= 15 is 0 Å². The molecule has 0 saturated heterocycles. The van der Waals surface area contributed by atoms with Gasteiger partial charge in [0.05, 0.1) is 21.9 Å². The molecule has 0 aliphatic carbocycles. The summed E-state index contributed by atoms with van der Waals surface area (Å²) in [6.07, 6.45) is 2.85. The Morgan fingerprint density at radius 3 is 2.67 bits per heavy atom. The highest BCUT2D eigenvalue weighted by molar-refractivity contribution is 9.10. The second-order valence-corrected chi connectivity index (χ2v) is 7.93. The van der Waals surface area contributed by atoms with Crippen molar-refractivity contribution in [1.29, 1.82) is 0 Å². The van der Waals surface area contributed by atoms with E-state index < -0.39 is 21.5 Å². The molecule has 9 heteroatoms. The number of fused-ring (bicyclic) bond motifs is 1. The van der Waals surface area contributed by atoms with Gasteiger partial charge in [-0.3, -0.25) is 4.40 Å². The van der Waals surface area contributed by atoms with Crippen LogP contribution in [0.4, 0.5) is 8.78 Å². The van der Waals surface area contributed by atoms with E-state index in [-0.39, 0.29) is 22.4 Å². The van der Waals surface area contributed by atoms with Crippen LogP contribution in [0, 0.1) is 11.6 Å². The first-order valence-corrected chi connectivity index (χ1v) is 9.28. The van der Waals surface area contributed by atoms with Gasteiger partial charge in [-0.2, -0.15) is 0 Å². The zero-order valence-electron chi connectivity index (χ0n) is 12.3. The fraction of sp³-hybridized carbons (Fsp3) is 0.133. The van der Waals surface area contributed by atoms with Gasteiger partial charge in [-0.15, -0.1) is 0 Å². The quantitative estimate of drug-likeness (QED) is 0.645. The summed E-state index contributed by atoms with van der Waals surface area (Å²) >= 11 is 3.26. The number of hydrogen-bond acceptors (Lipinski definition) is 4. The highest BCUT2D eigenvalue weighted by Gasteiger charge is 2.20. The van der Waals surface area contributed by atoms with Gasteiger partial charge in [0.15, 0.2) is 11.6 Å². The fourth-order valence-electron chi connectivity index (χ4n) is 2.09. The molecule has 0 aliphatic heterocycles. The molecule has 0 radical (unpaired) electrons. The highest BCUT2D eigenvalue weighted by Crippen LogP contribution is 2.33. The summed E-state index contributed by atoms with van der Waals surface area (Å²) in [7, 11) is -3.49. The molecule has 0 atom stereocenters. The number of benzene rings is 1. The second kappa shape index (κ2) is 6.14. The lowest BCUT2D eigenvalue weighted by atomic mass is 10.3. The predicted molar refractivity (Wildman–Crippen MR) is 87.1 cm³/mol. The summed E-state index contributed by atoms with van der Waals surface area (Å²) in [5.41, 5.74) is 0.461. The van der Waals surface area contributed by atoms with Gasteiger partial charge in [-0.05, 0) is 28.1 Å². The predicted octanol–water partition coefficient (Wildman–Crippen LogP) is 3.96. The van der Waals surface area contributed by atoms with Crippen LogP contribution in [0.25, 0.3) is 5.52 Å². The molecule has 0 aliphatic rings. The number of hydrogen-bond donors (Lipinski definition) is 0. The minimum Gasteiger partial charge on any atom is -0.453 e. The van der Waals surface area contributed by atoms with Crippen LogP contribution >= 0.6 is 15.9 Å². The SMILES string of the molecule is CCS(=O)(=O)c1ncc2cc(Oc3ccc(F)cc3F)c(Br)cn12. The number of ether oxygens (including phenoxy) is 1. The lowest BCUT2D eigenvalue weighted by Crippen LogP contribution is -2.08. The molecule has 2 aromatic heterocycles. The molecule has 5 nitrogen and oxygen atoms in total. The molecule has 0 spiro atoms. The first kappa shape index (κ1) is 16.8. The summed E-state index contributed by atoms with van der Waals surface area (Å²) in [5.74, 6) is -1.54. The third-order valence-electron chi connectivity index (χ3n) is 3.32. The van der Waals surface area contributed by atoms with Crippen molar-refractivity contribution in [2.75, 3.05) is 5.75 Å². The Labute approximate surface area is 144 Å². The highest BCUT2D eigenvalue weighted by atomic mass is 79.9. The van der Waals surface area contributed by atoms with Crippen LogP contribution in [-0.4, -0.2) is 23.6 Å². The van der Waals surface area contributed by atoms with Gasteiger partial charge in [0, 0.05) is 18.3 Å². The average Bonchev–Trinajstić information content (AvgIpc) is 2.93.